The first kappa shape index (κ1) is 21.0. The lowest BCUT2D eigenvalue weighted by molar-refractivity contribution is -0.167. The monoisotopic (exact) mass is 414 g/mol. The summed E-state index contributed by atoms with van der Waals surface area (Å²) in [6, 6.07) is 0. The molecule has 0 aromatic heterocycles. The topological polar surface area (TPSA) is 43.4 Å². The van der Waals surface area contributed by atoms with Crippen LogP contribution in [-0.2, 0) is 14.3 Å². The Labute approximate surface area is 183 Å². The fourth-order valence-corrected chi connectivity index (χ4v) is 9.44. The smallest absolute Gasteiger partial charge is 0.308 e. The van der Waals surface area contributed by atoms with E-state index in [9.17, 15) is 9.59 Å². The number of cyclic esters (lactones) is 1. The summed E-state index contributed by atoms with van der Waals surface area (Å²) in [4.78, 5) is 24.4. The minimum Gasteiger partial charge on any atom is -0.462 e. The van der Waals surface area contributed by atoms with Gasteiger partial charge in [-0.05, 0) is 104 Å². The van der Waals surface area contributed by atoms with Gasteiger partial charge < -0.3 is 4.74 Å². The summed E-state index contributed by atoms with van der Waals surface area (Å²) in [5.41, 5.74) is 0.806. The van der Waals surface area contributed by atoms with Crippen molar-refractivity contribution < 1.29 is 14.3 Å². The van der Waals surface area contributed by atoms with Crippen LogP contribution in [0.25, 0.3) is 0 Å². The third kappa shape index (κ3) is 3.04. The number of hydrogen-bond donors (Lipinski definition) is 0. The first-order valence-corrected chi connectivity index (χ1v) is 13.0. The first-order chi connectivity index (χ1) is 14.2. The quantitative estimate of drug-likeness (QED) is 0.506. The SMILES string of the molecule is CC1CCC(C(C)C2CCC3C4CCC5CC(=O)CCC5(C)C4CCC23C)OC1=O. The molecule has 3 nitrogen and oxygen atoms in total. The van der Waals surface area contributed by atoms with Gasteiger partial charge in [0.15, 0.2) is 0 Å². The molecule has 10 atom stereocenters. The number of ketones is 1. The Balaban J connectivity index is 1.34. The van der Waals surface area contributed by atoms with Crippen LogP contribution in [0, 0.1) is 52.3 Å². The number of carbonyl (C=O) groups excluding carboxylic acids is 2. The van der Waals surface area contributed by atoms with Crippen molar-refractivity contribution in [3.63, 3.8) is 0 Å². The molecule has 1 saturated heterocycles. The van der Waals surface area contributed by atoms with Crippen LogP contribution in [0.2, 0.25) is 0 Å². The molecule has 4 saturated carbocycles. The van der Waals surface area contributed by atoms with E-state index in [1.54, 1.807) is 0 Å². The van der Waals surface area contributed by atoms with Crippen molar-refractivity contribution >= 4 is 11.8 Å². The summed E-state index contributed by atoms with van der Waals surface area (Å²) in [6.07, 6.45) is 13.0. The molecular weight excluding hydrogens is 372 g/mol. The van der Waals surface area contributed by atoms with Gasteiger partial charge in [-0.3, -0.25) is 9.59 Å². The predicted molar refractivity (Wildman–Crippen MR) is 118 cm³/mol. The van der Waals surface area contributed by atoms with E-state index in [0.29, 0.717) is 34.4 Å². The van der Waals surface area contributed by atoms with E-state index in [0.717, 1.165) is 49.9 Å². The summed E-state index contributed by atoms with van der Waals surface area (Å²) < 4.78 is 5.93. The molecule has 4 aliphatic carbocycles. The number of esters is 1. The van der Waals surface area contributed by atoms with Crippen molar-refractivity contribution in [1.29, 1.82) is 0 Å². The molecule has 0 bridgehead atoms. The van der Waals surface area contributed by atoms with Crippen molar-refractivity contribution in [3.8, 4) is 0 Å². The van der Waals surface area contributed by atoms with Crippen molar-refractivity contribution in [2.24, 2.45) is 52.3 Å². The average molecular weight is 415 g/mol. The molecule has 5 aliphatic rings. The molecule has 0 amide bonds. The fraction of sp³-hybridized carbons (Fsp3) is 0.926. The maximum atomic E-state index is 12.2. The molecule has 5 fully saturated rings. The van der Waals surface area contributed by atoms with E-state index in [4.69, 9.17) is 4.74 Å². The number of Topliss-reactive ketones (excluding diaryl/α,β-unsaturated/α-hetero) is 1. The second-order valence-corrected chi connectivity index (χ2v) is 12.4. The molecule has 3 heteroatoms. The number of hydrogen-bond acceptors (Lipinski definition) is 3. The van der Waals surface area contributed by atoms with E-state index >= 15 is 0 Å². The van der Waals surface area contributed by atoms with Crippen LogP contribution in [0.4, 0.5) is 0 Å². The molecule has 5 rings (SSSR count). The van der Waals surface area contributed by atoms with Gasteiger partial charge in [0.2, 0.25) is 0 Å². The van der Waals surface area contributed by atoms with E-state index in [1.165, 1.54) is 38.5 Å². The summed E-state index contributed by atoms with van der Waals surface area (Å²) in [5, 5.41) is 0. The Morgan fingerprint density at radius 1 is 0.900 bits per heavy atom. The summed E-state index contributed by atoms with van der Waals surface area (Å²) in [5.74, 6) is 4.94. The molecule has 168 valence electrons. The Hall–Kier alpha value is -0.860. The van der Waals surface area contributed by atoms with E-state index < -0.39 is 0 Å². The minimum absolute atomic E-state index is 0.0274. The van der Waals surface area contributed by atoms with Crippen LogP contribution < -0.4 is 0 Å². The third-order valence-corrected chi connectivity index (χ3v) is 11.3. The van der Waals surface area contributed by atoms with Crippen LogP contribution in [0.1, 0.15) is 98.3 Å². The zero-order valence-corrected chi connectivity index (χ0v) is 19.6. The Bertz CT molecular complexity index is 715. The van der Waals surface area contributed by atoms with Gasteiger partial charge in [-0.1, -0.05) is 27.7 Å². The number of carbonyl (C=O) groups is 2. The summed E-state index contributed by atoms with van der Waals surface area (Å²) >= 11 is 0. The average Bonchev–Trinajstić information content (AvgIpc) is 3.07. The molecule has 10 unspecified atom stereocenters. The van der Waals surface area contributed by atoms with Gasteiger partial charge in [0.1, 0.15) is 11.9 Å². The number of ether oxygens (including phenoxy) is 1. The second kappa shape index (κ2) is 7.34. The lowest BCUT2D eigenvalue weighted by atomic mass is 9.44. The van der Waals surface area contributed by atoms with E-state index in [2.05, 4.69) is 20.8 Å². The van der Waals surface area contributed by atoms with E-state index in [-0.39, 0.29) is 18.0 Å². The lowest BCUT2D eigenvalue weighted by Crippen LogP contribution is -2.54. The van der Waals surface area contributed by atoms with Crippen molar-refractivity contribution in [2.45, 2.75) is 104 Å². The zero-order valence-electron chi connectivity index (χ0n) is 19.6. The van der Waals surface area contributed by atoms with Crippen molar-refractivity contribution in [3.05, 3.63) is 0 Å². The van der Waals surface area contributed by atoms with Gasteiger partial charge in [-0.2, -0.15) is 0 Å². The van der Waals surface area contributed by atoms with Crippen LogP contribution >= 0.6 is 0 Å². The summed E-state index contributed by atoms with van der Waals surface area (Å²) in [6.45, 7) is 9.52. The van der Waals surface area contributed by atoms with Gasteiger partial charge in [0.25, 0.3) is 0 Å². The Morgan fingerprint density at radius 3 is 2.43 bits per heavy atom. The molecule has 1 heterocycles. The molecular formula is C27H42O3. The van der Waals surface area contributed by atoms with Gasteiger partial charge >= 0.3 is 5.97 Å². The van der Waals surface area contributed by atoms with Crippen molar-refractivity contribution in [2.75, 3.05) is 0 Å². The van der Waals surface area contributed by atoms with Gasteiger partial charge in [0, 0.05) is 12.8 Å². The molecule has 0 spiro atoms. The first-order valence-electron chi connectivity index (χ1n) is 13.0. The molecule has 1 aliphatic heterocycles. The Morgan fingerprint density at radius 2 is 1.67 bits per heavy atom. The standard InChI is InChI=1S/C27H42O3/c1-16-5-10-24(30-25(16)29)17(2)21-8-9-22-20-7-6-18-15-19(28)11-13-26(18,3)23(20)12-14-27(21,22)4/h16-18,20-24H,5-15H2,1-4H3. The highest BCUT2D eigenvalue weighted by atomic mass is 16.5. The van der Waals surface area contributed by atoms with Gasteiger partial charge in [-0.25, -0.2) is 0 Å². The van der Waals surface area contributed by atoms with E-state index in [1.807, 2.05) is 6.92 Å². The molecule has 0 N–H and O–H groups in total. The normalized spacial score (nSPS) is 52.1. The highest BCUT2D eigenvalue weighted by molar-refractivity contribution is 5.79. The molecule has 0 aromatic rings. The van der Waals surface area contributed by atoms with Crippen LogP contribution in [0.5, 0.6) is 0 Å². The highest BCUT2D eigenvalue weighted by Gasteiger charge is 2.61. The third-order valence-electron chi connectivity index (χ3n) is 11.3. The summed E-state index contributed by atoms with van der Waals surface area (Å²) in [7, 11) is 0. The Kier molecular flexibility index (Phi) is 5.14. The minimum atomic E-state index is 0.0274. The molecule has 30 heavy (non-hydrogen) atoms. The maximum absolute atomic E-state index is 12.2. The van der Waals surface area contributed by atoms with Crippen LogP contribution in [0.15, 0.2) is 0 Å². The fourth-order valence-electron chi connectivity index (χ4n) is 9.44. The van der Waals surface area contributed by atoms with Crippen LogP contribution in [0.3, 0.4) is 0 Å². The predicted octanol–water partition coefficient (Wildman–Crippen LogP) is 6.19. The molecule has 0 radical (unpaired) electrons. The van der Waals surface area contributed by atoms with Crippen molar-refractivity contribution in [1.82, 2.24) is 0 Å². The largest absolute Gasteiger partial charge is 0.462 e. The van der Waals surface area contributed by atoms with Gasteiger partial charge in [0.05, 0.1) is 5.92 Å². The highest BCUT2D eigenvalue weighted by Crippen LogP contribution is 2.68. The number of fused-ring (bicyclic) bond motifs is 5. The zero-order chi connectivity index (χ0) is 21.3. The maximum Gasteiger partial charge on any atom is 0.308 e. The number of rotatable bonds is 2. The van der Waals surface area contributed by atoms with Crippen LogP contribution in [-0.4, -0.2) is 17.9 Å². The molecule has 0 aromatic carbocycles. The second-order valence-electron chi connectivity index (χ2n) is 12.4. The van der Waals surface area contributed by atoms with Gasteiger partial charge in [-0.15, -0.1) is 0 Å². The lowest BCUT2D eigenvalue weighted by Gasteiger charge is -2.60.